The summed E-state index contributed by atoms with van der Waals surface area (Å²) in [5.74, 6) is 1.80. The van der Waals surface area contributed by atoms with Gasteiger partial charge in [0.25, 0.3) is 0 Å². The normalized spacial score (nSPS) is 10.9. The molecule has 0 bridgehead atoms. The van der Waals surface area contributed by atoms with Crippen molar-refractivity contribution in [3.05, 3.63) is 78.9 Å². The number of rotatable bonds is 5. The highest BCUT2D eigenvalue weighted by Crippen LogP contribution is 2.25. The highest BCUT2D eigenvalue weighted by Gasteiger charge is 2.12. The molecule has 3 aromatic carbocycles. The van der Waals surface area contributed by atoms with Crippen LogP contribution in [0, 0.1) is 0 Å². The summed E-state index contributed by atoms with van der Waals surface area (Å²) in [5, 5.41) is 0. The predicted octanol–water partition coefficient (Wildman–Crippen LogP) is 4.36. The fourth-order valence-corrected chi connectivity index (χ4v) is 2.93. The second-order valence-electron chi connectivity index (χ2n) is 5.86. The molecular weight excluding hydrogens is 310 g/mol. The van der Waals surface area contributed by atoms with Gasteiger partial charge in [-0.15, -0.1) is 0 Å². The average Bonchev–Trinajstić information content (AvgIpc) is 3.02. The monoisotopic (exact) mass is 329 g/mol. The summed E-state index contributed by atoms with van der Waals surface area (Å²) in [5.41, 5.74) is 9.69. The van der Waals surface area contributed by atoms with E-state index in [1.54, 1.807) is 0 Å². The molecule has 0 radical (unpaired) electrons. The second kappa shape index (κ2) is 6.69. The highest BCUT2D eigenvalue weighted by atomic mass is 16.5. The molecule has 0 amide bonds. The molecule has 1 aromatic heterocycles. The summed E-state index contributed by atoms with van der Waals surface area (Å²) in [6.07, 6.45) is 0. The largest absolute Gasteiger partial charge is 0.492 e. The van der Waals surface area contributed by atoms with Crippen LogP contribution in [0.25, 0.3) is 22.4 Å². The molecule has 4 aromatic rings. The number of nitrogens with zero attached hydrogens (tertiary/aromatic N) is 2. The Morgan fingerprint density at radius 2 is 1.56 bits per heavy atom. The van der Waals surface area contributed by atoms with E-state index in [2.05, 4.69) is 10.6 Å². The molecule has 4 nitrogen and oxygen atoms in total. The van der Waals surface area contributed by atoms with Gasteiger partial charge < -0.3 is 15.0 Å². The molecule has 4 heteroatoms. The van der Waals surface area contributed by atoms with Crippen LogP contribution >= 0.6 is 0 Å². The number of nitrogen functional groups attached to an aromatic ring is 1. The minimum atomic E-state index is 0.576. The number of para-hydroxylation sites is 3. The van der Waals surface area contributed by atoms with Crippen LogP contribution in [0.5, 0.6) is 5.75 Å². The molecule has 4 rings (SSSR count). The van der Waals surface area contributed by atoms with Crippen molar-refractivity contribution in [2.45, 2.75) is 6.54 Å². The third kappa shape index (κ3) is 3.19. The van der Waals surface area contributed by atoms with Crippen molar-refractivity contribution >= 4 is 16.7 Å². The van der Waals surface area contributed by atoms with E-state index in [-0.39, 0.29) is 0 Å². The van der Waals surface area contributed by atoms with E-state index in [4.69, 9.17) is 15.5 Å². The number of imidazole rings is 1. The van der Waals surface area contributed by atoms with Crippen molar-refractivity contribution in [2.75, 3.05) is 12.3 Å². The van der Waals surface area contributed by atoms with E-state index < -0.39 is 0 Å². The topological polar surface area (TPSA) is 53.1 Å². The minimum absolute atomic E-state index is 0.576. The molecular formula is C21H19N3O. The summed E-state index contributed by atoms with van der Waals surface area (Å²) in [7, 11) is 0. The first-order chi connectivity index (χ1) is 12.3. The van der Waals surface area contributed by atoms with Crippen LogP contribution in [-0.4, -0.2) is 16.2 Å². The zero-order valence-electron chi connectivity index (χ0n) is 13.8. The standard InChI is InChI=1S/C21H19N3O/c22-17-12-10-16(11-13-17)21-23-19-8-4-5-9-20(19)24(21)14-15-25-18-6-2-1-3-7-18/h1-13H,14-15,22H2. The van der Waals surface area contributed by atoms with Gasteiger partial charge in [0, 0.05) is 11.3 Å². The van der Waals surface area contributed by atoms with E-state index in [1.807, 2.05) is 72.8 Å². The Labute approximate surface area is 146 Å². The lowest BCUT2D eigenvalue weighted by molar-refractivity contribution is 0.301. The number of hydrogen-bond donors (Lipinski definition) is 1. The lowest BCUT2D eigenvalue weighted by Crippen LogP contribution is -2.09. The first-order valence-corrected chi connectivity index (χ1v) is 8.30. The highest BCUT2D eigenvalue weighted by molar-refractivity contribution is 5.80. The van der Waals surface area contributed by atoms with Gasteiger partial charge in [0.05, 0.1) is 17.6 Å². The smallest absolute Gasteiger partial charge is 0.141 e. The van der Waals surface area contributed by atoms with Gasteiger partial charge in [-0.25, -0.2) is 4.98 Å². The Bertz CT molecular complexity index is 975. The van der Waals surface area contributed by atoms with Crippen molar-refractivity contribution < 1.29 is 4.74 Å². The summed E-state index contributed by atoms with van der Waals surface area (Å²) in [4.78, 5) is 4.80. The summed E-state index contributed by atoms with van der Waals surface area (Å²) in [6, 6.07) is 25.8. The third-order valence-electron chi connectivity index (χ3n) is 4.15. The van der Waals surface area contributed by atoms with Gasteiger partial charge in [0.1, 0.15) is 18.2 Å². The molecule has 25 heavy (non-hydrogen) atoms. The number of nitrogens with two attached hydrogens (primary N) is 1. The molecule has 124 valence electrons. The van der Waals surface area contributed by atoms with Gasteiger partial charge in [-0.1, -0.05) is 30.3 Å². The van der Waals surface area contributed by atoms with Gasteiger partial charge in [0.15, 0.2) is 0 Å². The van der Waals surface area contributed by atoms with Crippen LogP contribution in [0.15, 0.2) is 78.9 Å². The number of anilines is 1. The van der Waals surface area contributed by atoms with Gasteiger partial charge in [-0.2, -0.15) is 0 Å². The number of hydrogen-bond acceptors (Lipinski definition) is 3. The lowest BCUT2D eigenvalue weighted by Gasteiger charge is -2.11. The van der Waals surface area contributed by atoms with Gasteiger partial charge in [-0.3, -0.25) is 0 Å². The van der Waals surface area contributed by atoms with Crippen LogP contribution < -0.4 is 10.5 Å². The summed E-state index contributed by atoms with van der Waals surface area (Å²) in [6.45, 7) is 1.29. The lowest BCUT2D eigenvalue weighted by atomic mass is 10.2. The fraction of sp³-hybridized carbons (Fsp3) is 0.0952. The first kappa shape index (κ1) is 15.3. The van der Waals surface area contributed by atoms with Crippen molar-refractivity contribution in [1.82, 2.24) is 9.55 Å². The van der Waals surface area contributed by atoms with E-state index in [1.165, 1.54) is 0 Å². The van der Waals surface area contributed by atoms with Crippen molar-refractivity contribution in [1.29, 1.82) is 0 Å². The number of benzene rings is 3. The summed E-state index contributed by atoms with van der Waals surface area (Å²) < 4.78 is 8.07. The second-order valence-corrected chi connectivity index (χ2v) is 5.86. The fourth-order valence-electron chi connectivity index (χ4n) is 2.93. The Balaban J connectivity index is 1.66. The molecule has 0 unspecified atom stereocenters. The zero-order valence-corrected chi connectivity index (χ0v) is 13.8. The van der Waals surface area contributed by atoms with Crippen molar-refractivity contribution in [3.8, 4) is 17.1 Å². The summed E-state index contributed by atoms with van der Waals surface area (Å²) >= 11 is 0. The molecule has 0 spiro atoms. The van der Waals surface area contributed by atoms with Crippen molar-refractivity contribution in [2.24, 2.45) is 0 Å². The average molecular weight is 329 g/mol. The molecule has 0 fully saturated rings. The van der Waals surface area contributed by atoms with Crippen LogP contribution in [0.4, 0.5) is 5.69 Å². The molecule has 0 aliphatic carbocycles. The molecule has 0 saturated heterocycles. The molecule has 0 atom stereocenters. The predicted molar refractivity (Wildman–Crippen MR) is 102 cm³/mol. The zero-order chi connectivity index (χ0) is 17.1. The van der Waals surface area contributed by atoms with Crippen LogP contribution in [0.3, 0.4) is 0 Å². The Kier molecular flexibility index (Phi) is 4.09. The van der Waals surface area contributed by atoms with Gasteiger partial charge >= 0.3 is 0 Å². The third-order valence-corrected chi connectivity index (χ3v) is 4.15. The maximum atomic E-state index is 5.87. The quantitative estimate of drug-likeness (QED) is 0.553. The van der Waals surface area contributed by atoms with E-state index in [9.17, 15) is 0 Å². The molecule has 1 heterocycles. The number of fused-ring (bicyclic) bond motifs is 1. The molecule has 2 N–H and O–H groups in total. The molecule has 0 aliphatic rings. The van der Waals surface area contributed by atoms with Crippen molar-refractivity contribution in [3.63, 3.8) is 0 Å². The van der Waals surface area contributed by atoms with Crippen LogP contribution in [-0.2, 0) is 6.54 Å². The number of aromatic nitrogens is 2. The first-order valence-electron chi connectivity index (χ1n) is 8.30. The Hall–Kier alpha value is -3.27. The SMILES string of the molecule is Nc1ccc(-c2nc3ccccc3n2CCOc2ccccc2)cc1. The van der Waals surface area contributed by atoms with Crippen LogP contribution in [0.2, 0.25) is 0 Å². The Morgan fingerprint density at radius 1 is 0.840 bits per heavy atom. The number of ether oxygens (including phenoxy) is 1. The minimum Gasteiger partial charge on any atom is -0.492 e. The maximum absolute atomic E-state index is 5.87. The maximum Gasteiger partial charge on any atom is 0.141 e. The molecule has 0 saturated carbocycles. The van der Waals surface area contributed by atoms with Gasteiger partial charge in [0.2, 0.25) is 0 Å². The van der Waals surface area contributed by atoms with E-state index in [0.29, 0.717) is 6.61 Å². The van der Waals surface area contributed by atoms with E-state index in [0.717, 1.165) is 40.4 Å². The molecule has 0 aliphatic heterocycles. The van der Waals surface area contributed by atoms with E-state index >= 15 is 0 Å². The Morgan fingerprint density at radius 3 is 2.36 bits per heavy atom. The van der Waals surface area contributed by atoms with Gasteiger partial charge in [-0.05, 0) is 48.5 Å². The van der Waals surface area contributed by atoms with Crippen LogP contribution in [0.1, 0.15) is 0 Å².